The number of carbonyl (C=O) groups is 1. The molecule has 0 bridgehead atoms. The predicted molar refractivity (Wildman–Crippen MR) is 104 cm³/mol. The molecule has 3 fully saturated rings. The lowest BCUT2D eigenvalue weighted by Gasteiger charge is -2.37. The van der Waals surface area contributed by atoms with Crippen LogP contribution < -0.4 is 0 Å². The number of nitrogens with zero attached hydrogens (tertiary/aromatic N) is 6. The van der Waals surface area contributed by atoms with Crippen LogP contribution in [0.2, 0.25) is 0 Å². The van der Waals surface area contributed by atoms with E-state index in [2.05, 4.69) is 21.4 Å². The van der Waals surface area contributed by atoms with Crippen LogP contribution in [0, 0.1) is 0 Å². The van der Waals surface area contributed by atoms with Crippen LogP contribution in [0.15, 0.2) is 6.20 Å². The molecule has 3 aliphatic rings. The van der Waals surface area contributed by atoms with Gasteiger partial charge in [0.05, 0.1) is 11.7 Å². The molecule has 4 rings (SSSR count). The summed E-state index contributed by atoms with van der Waals surface area (Å²) in [5.74, 6) is -2.15. The van der Waals surface area contributed by atoms with E-state index in [1.165, 1.54) is 12.8 Å². The highest BCUT2D eigenvalue weighted by atomic mass is 32.2. The maximum absolute atomic E-state index is 12.8. The van der Waals surface area contributed by atoms with Crippen LogP contribution in [0.5, 0.6) is 0 Å². The number of aliphatic carboxylic acids is 1. The van der Waals surface area contributed by atoms with E-state index in [9.17, 15) is 21.6 Å². The Kier molecular flexibility index (Phi) is 7.23. The van der Waals surface area contributed by atoms with Gasteiger partial charge in [-0.1, -0.05) is 5.21 Å². The second kappa shape index (κ2) is 9.38. The second-order valence-electron chi connectivity index (χ2n) is 8.04. The van der Waals surface area contributed by atoms with Gasteiger partial charge in [0, 0.05) is 51.4 Å². The summed E-state index contributed by atoms with van der Waals surface area (Å²) in [6, 6.07) is 0.268. The Morgan fingerprint density at radius 1 is 1.03 bits per heavy atom. The minimum atomic E-state index is -5.08. The van der Waals surface area contributed by atoms with Crippen molar-refractivity contribution in [1.29, 1.82) is 0 Å². The molecule has 14 heteroatoms. The highest BCUT2D eigenvalue weighted by molar-refractivity contribution is 7.86. The second-order valence-corrected chi connectivity index (χ2v) is 9.97. The molecule has 0 aromatic carbocycles. The summed E-state index contributed by atoms with van der Waals surface area (Å²) in [6.45, 7) is 3.92. The van der Waals surface area contributed by atoms with Gasteiger partial charge in [-0.05, 0) is 32.7 Å². The summed E-state index contributed by atoms with van der Waals surface area (Å²) in [4.78, 5) is 11.1. The van der Waals surface area contributed by atoms with E-state index in [0.29, 0.717) is 32.1 Å². The fourth-order valence-corrected chi connectivity index (χ4v) is 5.18. The largest absolute Gasteiger partial charge is 0.490 e. The summed E-state index contributed by atoms with van der Waals surface area (Å²) in [6.07, 6.45) is 1.04. The zero-order valence-electron chi connectivity index (χ0n) is 17.2. The molecule has 1 aliphatic carbocycles. The van der Waals surface area contributed by atoms with Crippen molar-refractivity contribution in [2.24, 2.45) is 0 Å². The number of rotatable bonds is 4. The fourth-order valence-electron chi connectivity index (χ4n) is 3.55. The molecule has 0 unspecified atom stereocenters. The van der Waals surface area contributed by atoms with Crippen LogP contribution in [-0.2, 0) is 15.0 Å². The standard InChI is InChI=1S/C15H26N6O2S.C2HF3O2/c1-18-8-10-20(11-9-18)24(22,23)19-6-4-14(5-7-19)21-12-15(16-17-21)13-2-3-13;3-2(4,5)1(6)7/h12-14H,2-11H2,1H3;(H,6,7). The van der Waals surface area contributed by atoms with Crippen LogP contribution in [-0.4, -0.2) is 100 Å². The Hall–Kier alpha value is -1.77. The summed E-state index contributed by atoms with van der Waals surface area (Å²) in [7, 11) is -1.29. The minimum absolute atomic E-state index is 0.268. The van der Waals surface area contributed by atoms with E-state index < -0.39 is 22.4 Å². The molecular weight excluding hydrogens is 441 g/mol. The van der Waals surface area contributed by atoms with Crippen LogP contribution in [0.1, 0.15) is 43.3 Å². The summed E-state index contributed by atoms with van der Waals surface area (Å²) in [5, 5.41) is 15.7. The third-order valence-electron chi connectivity index (χ3n) is 5.68. The molecule has 1 saturated carbocycles. The molecule has 10 nitrogen and oxygen atoms in total. The third kappa shape index (κ3) is 6.14. The lowest BCUT2D eigenvalue weighted by atomic mass is 10.1. The molecule has 1 aromatic rings. The third-order valence-corrected chi connectivity index (χ3v) is 7.71. The number of carboxylic acids is 1. The van der Waals surface area contributed by atoms with Gasteiger partial charge in [0.2, 0.25) is 0 Å². The molecule has 2 aliphatic heterocycles. The van der Waals surface area contributed by atoms with Crippen molar-refractivity contribution in [2.45, 2.75) is 43.8 Å². The molecule has 0 amide bonds. The van der Waals surface area contributed by atoms with Crippen molar-refractivity contribution >= 4 is 16.2 Å². The van der Waals surface area contributed by atoms with E-state index in [1.807, 2.05) is 11.7 Å². The van der Waals surface area contributed by atoms with Gasteiger partial charge >= 0.3 is 12.1 Å². The Morgan fingerprint density at radius 3 is 2.03 bits per heavy atom. The van der Waals surface area contributed by atoms with Crippen molar-refractivity contribution in [2.75, 3.05) is 46.3 Å². The lowest BCUT2D eigenvalue weighted by Crippen LogP contribution is -2.53. The van der Waals surface area contributed by atoms with Crippen LogP contribution in [0.4, 0.5) is 13.2 Å². The monoisotopic (exact) mass is 468 g/mol. The number of likely N-dealkylation sites (N-methyl/N-ethyl adjacent to an activating group) is 1. The highest BCUT2D eigenvalue weighted by Gasteiger charge is 2.38. The number of piperazine rings is 1. The highest BCUT2D eigenvalue weighted by Crippen LogP contribution is 2.39. The van der Waals surface area contributed by atoms with Crippen LogP contribution in [0.3, 0.4) is 0 Å². The number of aromatic nitrogens is 3. The molecule has 176 valence electrons. The molecule has 0 spiro atoms. The first-order valence-electron chi connectivity index (χ1n) is 10.1. The zero-order valence-corrected chi connectivity index (χ0v) is 18.0. The van der Waals surface area contributed by atoms with Crippen molar-refractivity contribution in [3.63, 3.8) is 0 Å². The van der Waals surface area contributed by atoms with E-state index in [0.717, 1.165) is 31.6 Å². The summed E-state index contributed by atoms with van der Waals surface area (Å²) < 4.78 is 62.5. The van der Waals surface area contributed by atoms with Gasteiger partial charge in [-0.2, -0.15) is 30.2 Å². The van der Waals surface area contributed by atoms with Crippen LogP contribution in [0.25, 0.3) is 0 Å². The molecule has 3 heterocycles. The van der Waals surface area contributed by atoms with Crippen molar-refractivity contribution in [3.8, 4) is 0 Å². The van der Waals surface area contributed by atoms with Gasteiger partial charge in [0.1, 0.15) is 0 Å². The normalized spacial score (nSPS) is 22.7. The first-order chi connectivity index (χ1) is 14.5. The van der Waals surface area contributed by atoms with Crippen molar-refractivity contribution in [1.82, 2.24) is 28.5 Å². The summed E-state index contributed by atoms with van der Waals surface area (Å²) >= 11 is 0. The van der Waals surface area contributed by atoms with Gasteiger partial charge in [-0.25, -0.2) is 9.48 Å². The average Bonchev–Trinajstić information content (AvgIpc) is 3.45. The Labute approximate surface area is 178 Å². The Balaban J connectivity index is 0.000000339. The minimum Gasteiger partial charge on any atom is -0.475 e. The first-order valence-corrected chi connectivity index (χ1v) is 11.5. The molecule has 2 saturated heterocycles. The van der Waals surface area contributed by atoms with Gasteiger partial charge in [0.15, 0.2) is 0 Å². The van der Waals surface area contributed by atoms with E-state index in [-0.39, 0.29) is 6.04 Å². The quantitative estimate of drug-likeness (QED) is 0.699. The average molecular weight is 469 g/mol. The molecular formula is C17H27F3N6O4S. The number of piperidine rings is 1. The first kappa shape index (κ1) is 23.9. The number of alkyl halides is 3. The van der Waals surface area contributed by atoms with E-state index >= 15 is 0 Å². The topological polar surface area (TPSA) is 112 Å². The predicted octanol–water partition coefficient (Wildman–Crippen LogP) is 0.918. The smallest absolute Gasteiger partial charge is 0.475 e. The van der Waals surface area contributed by atoms with E-state index in [1.54, 1.807) is 8.61 Å². The Morgan fingerprint density at radius 2 is 1.55 bits per heavy atom. The maximum Gasteiger partial charge on any atom is 0.490 e. The lowest BCUT2D eigenvalue weighted by molar-refractivity contribution is -0.192. The molecule has 1 aromatic heterocycles. The number of carboxylic acid groups (broad SMARTS) is 1. The van der Waals surface area contributed by atoms with Crippen LogP contribution >= 0.6 is 0 Å². The fraction of sp³-hybridized carbons (Fsp3) is 0.824. The molecule has 0 radical (unpaired) electrons. The van der Waals surface area contributed by atoms with Crippen molar-refractivity contribution in [3.05, 3.63) is 11.9 Å². The molecule has 0 atom stereocenters. The van der Waals surface area contributed by atoms with E-state index in [4.69, 9.17) is 9.90 Å². The number of halogens is 3. The SMILES string of the molecule is CN1CCN(S(=O)(=O)N2CCC(n3cc(C4CC4)nn3)CC2)CC1.O=C(O)C(F)(F)F. The van der Waals surface area contributed by atoms with Gasteiger partial charge < -0.3 is 10.0 Å². The van der Waals surface area contributed by atoms with Gasteiger partial charge in [-0.15, -0.1) is 5.10 Å². The molecule has 31 heavy (non-hydrogen) atoms. The number of hydrogen-bond acceptors (Lipinski definition) is 6. The number of hydrogen-bond donors (Lipinski definition) is 1. The summed E-state index contributed by atoms with van der Waals surface area (Å²) in [5.41, 5.74) is 1.10. The van der Waals surface area contributed by atoms with Gasteiger partial charge in [0.25, 0.3) is 10.2 Å². The molecule has 1 N–H and O–H groups in total. The van der Waals surface area contributed by atoms with Crippen molar-refractivity contribution < 1.29 is 31.5 Å². The Bertz CT molecular complexity index is 857. The maximum atomic E-state index is 12.8. The van der Waals surface area contributed by atoms with Gasteiger partial charge in [-0.3, -0.25) is 0 Å². The zero-order chi connectivity index (χ0) is 22.8.